The van der Waals surface area contributed by atoms with Crippen molar-refractivity contribution in [2.75, 3.05) is 53.5 Å². The fourth-order valence-corrected chi connectivity index (χ4v) is 6.23. The number of ketones is 1. The zero-order chi connectivity index (χ0) is 27.4. The number of ether oxygens (including phenoxy) is 2. The summed E-state index contributed by atoms with van der Waals surface area (Å²) >= 11 is 0. The number of Topliss-reactive ketones (excluding diaryl/α,β-unsaturated/α-hetero) is 1. The molecule has 8 heteroatoms. The van der Waals surface area contributed by atoms with Crippen LogP contribution in [0.25, 0.3) is 0 Å². The molecule has 0 N–H and O–H groups in total. The minimum Gasteiger partial charge on any atom is -0.463 e. The summed E-state index contributed by atoms with van der Waals surface area (Å²) in [5.41, 5.74) is -1.68. The van der Waals surface area contributed by atoms with Gasteiger partial charge in [-0.1, -0.05) is 27.7 Å². The van der Waals surface area contributed by atoms with Gasteiger partial charge in [-0.2, -0.15) is 0 Å². The minimum absolute atomic E-state index is 0.0258. The summed E-state index contributed by atoms with van der Waals surface area (Å²) in [7, 11) is 3.77. The molecule has 8 nitrogen and oxygen atoms in total. The number of rotatable bonds is 6. The van der Waals surface area contributed by atoms with E-state index >= 15 is 0 Å². The third-order valence-corrected chi connectivity index (χ3v) is 8.62. The predicted octanol–water partition coefficient (Wildman–Crippen LogP) is 3.09. The van der Waals surface area contributed by atoms with Crippen molar-refractivity contribution >= 4 is 17.7 Å². The molecule has 2 fully saturated rings. The molecule has 2 rings (SSSR count). The molecule has 1 amide bonds. The van der Waals surface area contributed by atoms with Gasteiger partial charge >= 0.3 is 5.97 Å². The number of carbonyl (C=O) groups excluding carboxylic acids is 3. The van der Waals surface area contributed by atoms with E-state index in [2.05, 4.69) is 44.5 Å². The van der Waals surface area contributed by atoms with Crippen LogP contribution in [0.5, 0.6) is 0 Å². The van der Waals surface area contributed by atoms with Crippen LogP contribution in [0.2, 0.25) is 0 Å². The summed E-state index contributed by atoms with van der Waals surface area (Å²) in [4.78, 5) is 45.8. The number of likely N-dealkylation sites (N-methyl/N-ethyl adjacent to an activating group) is 2. The van der Waals surface area contributed by atoms with E-state index in [0.717, 1.165) is 26.1 Å². The fourth-order valence-electron chi connectivity index (χ4n) is 6.23. The van der Waals surface area contributed by atoms with E-state index in [0.29, 0.717) is 25.4 Å². The maximum absolute atomic E-state index is 13.3. The molecule has 2 aliphatic rings. The summed E-state index contributed by atoms with van der Waals surface area (Å²) < 4.78 is 11.7. The number of amides is 1. The third-order valence-electron chi connectivity index (χ3n) is 8.62. The highest BCUT2D eigenvalue weighted by Crippen LogP contribution is 2.34. The molecule has 0 aromatic heterocycles. The van der Waals surface area contributed by atoms with Crippen LogP contribution in [0.1, 0.15) is 68.2 Å². The first-order valence-corrected chi connectivity index (χ1v) is 13.7. The molecule has 2 aliphatic heterocycles. The molecule has 0 saturated carbocycles. The van der Waals surface area contributed by atoms with Crippen molar-refractivity contribution in [1.29, 1.82) is 0 Å². The summed E-state index contributed by atoms with van der Waals surface area (Å²) in [6, 6.07) is -0.167. The van der Waals surface area contributed by atoms with Gasteiger partial charge in [0.05, 0.1) is 11.6 Å². The summed E-state index contributed by atoms with van der Waals surface area (Å²) in [5, 5.41) is 0. The third kappa shape index (κ3) is 6.87. The smallest absolute Gasteiger partial charge is 0.319 e. The summed E-state index contributed by atoms with van der Waals surface area (Å²) in [6.07, 6.45) is 1.37. The molecule has 0 aliphatic carbocycles. The molecule has 2 heterocycles. The van der Waals surface area contributed by atoms with Gasteiger partial charge in [0, 0.05) is 44.6 Å². The second kappa shape index (κ2) is 12.4. The Kier molecular flexibility index (Phi) is 10.5. The molecule has 208 valence electrons. The van der Waals surface area contributed by atoms with Crippen LogP contribution < -0.4 is 0 Å². The summed E-state index contributed by atoms with van der Waals surface area (Å²) in [6.45, 7) is 19.6. The largest absolute Gasteiger partial charge is 0.463 e. The van der Waals surface area contributed by atoms with Crippen LogP contribution in [-0.2, 0) is 23.9 Å². The zero-order valence-corrected chi connectivity index (χ0v) is 24.4. The monoisotopic (exact) mass is 509 g/mol. The maximum Gasteiger partial charge on any atom is 0.319 e. The van der Waals surface area contributed by atoms with Gasteiger partial charge in [-0.15, -0.1) is 0 Å². The number of cyclic esters (lactones) is 1. The van der Waals surface area contributed by atoms with Crippen LogP contribution in [0.15, 0.2) is 0 Å². The number of carbonyl (C=O) groups is 3. The van der Waals surface area contributed by atoms with Gasteiger partial charge in [0.25, 0.3) is 0 Å². The van der Waals surface area contributed by atoms with Gasteiger partial charge in [-0.05, 0) is 66.6 Å². The number of esters is 1. The van der Waals surface area contributed by atoms with E-state index in [1.54, 1.807) is 21.0 Å². The first-order valence-electron chi connectivity index (χ1n) is 13.7. The molecule has 1 unspecified atom stereocenters. The normalized spacial score (nSPS) is 32.2. The number of nitrogens with zero attached hydrogens (tertiary/aromatic N) is 3. The highest BCUT2D eigenvalue weighted by molar-refractivity contribution is 6.03. The van der Waals surface area contributed by atoms with Crippen molar-refractivity contribution in [3.05, 3.63) is 0 Å². The second-order valence-corrected chi connectivity index (χ2v) is 12.1. The van der Waals surface area contributed by atoms with Crippen LogP contribution in [0, 0.1) is 23.2 Å². The molecule has 0 bridgehead atoms. The Hall–Kier alpha value is -1.51. The van der Waals surface area contributed by atoms with Crippen LogP contribution in [-0.4, -0.2) is 104 Å². The SMILES string of the molecule is CCN(CC)[C@H](C)C(=O)N1CC(C2COC(=O)C(C)(C)C(=O)[C@H](C)C[C@](C)(OC)C[C@@H](C)CN2C)C1. The lowest BCUT2D eigenvalue weighted by Crippen LogP contribution is -2.62. The molecular formula is C28H51N3O5. The van der Waals surface area contributed by atoms with Crippen molar-refractivity contribution < 1.29 is 23.9 Å². The van der Waals surface area contributed by atoms with Gasteiger partial charge in [0.1, 0.15) is 12.0 Å². The second-order valence-electron chi connectivity index (χ2n) is 12.1. The minimum atomic E-state index is -1.22. The van der Waals surface area contributed by atoms with E-state index in [-0.39, 0.29) is 42.2 Å². The average molecular weight is 510 g/mol. The van der Waals surface area contributed by atoms with E-state index in [9.17, 15) is 14.4 Å². The van der Waals surface area contributed by atoms with Crippen molar-refractivity contribution in [2.45, 2.75) is 85.9 Å². The van der Waals surface area contributed by atoms with Gasteiger partial charge in [0.15, 0.2) is 5.78 Å². The van der Waals surface area contributed by atoms with Gasteiger partial charge in [-0.3, -0.25) is 24.2 Å². The molecule has 2 saturated heterocycles. The van der Waals surface area contributed by atoms with Crippen molar-refractivity contribution in [3.8, 4) is 0 Å². The quantitative estimate of drug-likeness (QED) is 0.402. The number of hydrogen-bond acceptors (Lipinski definition) is 7. The highest BCUT2D eigenvalue weighted by Gasteiger charge is 2.45. The standard InChI is InChI=1S/C28H51N3O5/c1-11-30(12-2)21(5)25(33)31-16-22(17-31)23-18-36-26(34)27(6,7)24(32)20(4)14-28(8,35-10)13-19(3)15-29(23)9/h19-23H,11-18H2,1-10H3/t19-,20-,21-,23?,28-/m1/s1. The van der Waals surface area contributed by atoms with Gasteiger partial charge < -0.3 is 14.4 Å². The van der Waals surface area contributed by atoms with Crippen molar-refractivity contribution in [1.82, 2.24) is 14.7 Å². The Labute approximate surface area is 219 Å². The van der Waals surface area contributed by atoms with Crippen molar-refractivity contribution in [2.24, 2.45) is 23.2 Å². The molecule has 0 aromatic rings. The zero-order valence-electron chi connectivity index (χ0n) is 24.4. The van der Waals surface area contributed by atoms with Crippen LogP contribution in [0.4, 0.5) is 0 Å². The molecule has 5 atom stereocenters. The molecule has 0 aromatic carbocycles. The van der Waals surface area contributed by atoms with E-state index < -0.39 is 17.0 Å². The lowest BCUT2D eigenvalue weighted by Gasteiger charge is -2.48. The molecule has 36 heavy (non-hydrogen) atoms. The highest BCUT2D eigenvalue weighted by atomic mass is 16.5. The van der Waals surface area contributed by atoms with Crippen molar-refractivity contribution in [3.63, 3.8) is 0 Å². The Morgan fingerprint density at radius 3 is 2.22 bits per heavy atom. The van der Waals surface area contributed by atoms with E-state index in [1.807, 2.05) is 18.7 Å². The number of methoxy groups -OCH3 is 1. The van der Waals surface area contributed by atoms with E-state index in [4.69, 9.17) is 9.47 Å². The molecular weight excluding hydrogens is 458 g/mol. The van der Waals surface area contributed by atoms with Gasteiger partial charge in [-0.25, -0.2) is 0 Å². The van der Waals surface area contributed by atoms with Gasteiger partial charge in [0.2, 0.25) is 5.91 Å². The Balaban J connectivity index is 2.22. The first kappa shape index (κ1) is 30.7. The first-order chi connectivity index (χ1) is 16.7. The number of likely N-dealkylation sites (tertiary alicyclic amines) is 1. The van der Waals surface area contributed by atoms with Crippen LogP contribution in [0.3, 0.4) is 0 Å². The van der Waals surface area contributed by atoms with E-state index in [1.165, 1.54) is 0 Å². The maximum atomic E-state index is 13.3. The molecule has 0 spiro atoms. The topological polar surface area (TPSA) is 79.4 Å². The molecule has 0 radical (unpaired) electrons. The lowest BCUT2D eigenvalue weighted by molar-refractivity contribution is -0.163. The Morgan fingerprint density at radius 1 is 1.11 bits per heavy atom. The van der Waals surface area contributed by atoms with Crippen LogP contribution >= 0.6 is 0 Å². The Morgan fingerprint density at radius 2 is 1.69 bits per heavy atom. The Bertz CT molecular complexity index is 777. The summed E-state index contributed by atoms with van der Waals surface area (Å²) in [5.74, 6) is -0.235. The number of hydrogen-bond donors (Lipinski definition) is 0. The fraction of sp³-hybridized carbons (Fsp3) is 0.893. The predicted molar refractivity (Wildman–Crippen MR) is 142 cm³/mol. The lowest BCUT2D eigenvalue weighted by atomic mass is 9.76. The average Bonchev–Trinajstić information content (AvgIpc) is 2.78.